The molecule has 9 nitrogen and oxygen atoms in total. The van der Waals surface area contributed by atoms with Gasteiger partial charge in [-0.05, 0) is 23.1 Å². The zero-order chi connectivity index (χ0) is 25.1. The lowest BCUT2D eigenvalue weighted by molar-refractivity contribution is -0.121. The highest BCUT2D eigenvalue weighted by atomic mass is 35.5. The summed E-state index contributed by atoms with van der Waals surface area (Å²) >= 11 is 12.5. The number of halogens is 2. The molecule has 35 heavy (non-hydrogen) atoms. The van der Waals surface area contributed by atoms with Crippen molar-refractivity contribution in [1.82, 2.24) is 34.7 Å². The smallest absolute Gasteiger partial charge is 0.219 e. The molecule has 1 amide bonds. The molecule has 182 valence electrons. The monoisotopic (exact) mass is 513 g/mol. The van der Waals surface area contributed by atoms with Gasteiger partial charge in [0.1, 0.15) is 5.78 Å². The van der Waals surface area contributed by atoms with Crippen molar-refractivity contribution in [2.45, 2.75) is 52.5 Å². The van der Waals surface area contributed by atoms with E-state index in [9.17, 15) is 9.59 Å². The first-order valence-electron chi connectivity index (χ1n) is 11.2. The molecular weight excluding hydrogens is 489 g/mol. The summed E-state index contributed by atoms with van der Waals surface area (Å²) in [5.41, 5.74) is 3.90. The fraction of sp³-hybridized carbons (Fsp3) is 0.333. The maximum Gasteiger partial charge on any atom is 0.219 e. The molecule has 4 aromatic heterocycles. The minimum atomic E-state index is -0.0347. The van der Waals surface area contributed by atoms with Crippen molar-refractivity contribution in [2.24, 2.45) is 0 Å². The average Bonchev–Trinajstić information content (AvgIpc) is 3.42. The van der Waals surface area contributed by atoms with Crippen molar-refractivity contribution < 1.29 is 9.59 Å². The Morgan fingerprint density at radius 2 is 1.86 bits per heavy atom. The van der Waals surface area contributed by atoms with Gasteiger partial charge < -0.3 is 5.32 Å². The quantitative estimate of drug-likeness (QED) is 0.360. The third-order valence-electron chi connectivity index (χ3n) is 5.45. The first-order chi connectivity index (χ1) is 16.7. The number of amides is 1. The van der Waals surface area contributed by atoms with Gasteiger partial charge in [0.05, 0.1) is 16.9 Å². The van der Waals surface area contributed by atoms with Crippen LogP contribution in [0.4, 0.5) is 0 Å². The number of nitrogens with one attached hydrogen (secondary N) is 1. The van der Waals surface area contributed by atoms with Crippen LogP contribution in [0.1, 0.15) is 55.5 Å². The first kappa shape index (κ1) is 24.8. The highest BCUT2D eigenvalue weighted by molar-refractivity contribution is 6.32. The predicted octanol–water partition coefficient (Wildman–Crippen LogP) is 4.12. The Kier molecular flexibility index (Phi) is 7.47. The van der Waals surface area contributed by atoms with Gasteiger partial charge in [-0.15, -0.1) is 0 Å². The Bertz CT molecular complexity index is 1390. The summed E-state index contributed by atoms with van der Waals surface area (Å²) in [4.78, 5) is 33.2. The summed E-state index contributed by atoms with van der Waals surface area (Å²) in [6.45, 7) is 6.25. The van der Waals surface area contributed by atoms with Crippen LogP contribution in [0.5, 0.6) is 0 Å². The van der Waals surface area contributed by atoms with Gasteiger partial charge in [-0.2, -0.15) is 10.2 Å². The van der Waals surface area contributed by atoms with Gasteiger partial charge in [-0.25, -0.2) is 19.2 Å². The zero-order valence-electron chi connectivity index (χ0n) is 19.6. The molecule has 0 saturated carbocycles. The topological polar surface area (TPSA) is 107 Å². The van der Waals surface area contributed by atoms with E-state index < -0.39 is 0 Å². The predicted molar refractivity (Wildman–Crippen MR) is 133 cm³/mol. The fourth-order valence-electron chi connectivity index (χ4n) is 3.84. The number of carbonyl (C=O) groups excluding carboxylic acids is 2. The Hall–Kier alpha value is -3.30. The Balaban J connectivity index is 1.47. The molecule has 4 rings (SSSR count). The summed E-state index contributed by atoms with van der Waals surface area (Å²) < 4.78 is 3.25. The number of Topliss-reactive ketones (excluding diaryl/α,β-unsaturated/α-hetero) is 1. The number of nitrogens with zero attached hydrogens (tertiary/aromatic N) is 6. The molecule has 0 aromatic carbocycles. The van der Waals surface area contributed by atoms with Gasteiger partial charge in [0, 0.05) is 56.0 Å². The van der Waals surface area contributed by atoms with Crippen molar-refractivity contribution in [3.8, 4) is 5.82 Å². The Morgan fingerprint density at radius 3 is 2.57 bits per heavy atom. The highest BCUT2D eigenvalue weighted by Crippen LogP contribution is 2.24. The first-order valence-corrected chi connectivity index (χ1v) is 12.0. The lowest BCUT2D eigenvalue weighted by Gasteiger charge is -2.14. The number of hydrogen-bond acceptors (Lipinski definition) is 6. The second-order valence-electron chi connectivity index (χ2n) is 8.53. The van der Waals surface area contributed by atoms with Crippen LogP contribution in [0.2, 0.25) is 10.2 Å². The molecule has 0 spiro atoms. The van der Waals surface area contributed by atoms with Crippen LogP contribution in [-0.2, 0) is 29.0 Å². The lowest BCUT2D eigenvalue weighted by Crippen LogP contribution is -2.21. The summed E-state index contributed by atoms with van der Waals surface area (Å²) in [6, 6.07) is 3.41. The number of fused-ring (bicyclic) bond motifs is 1. The molecular formula is C24H25Cl2N7O2. The molecule has 4 aromatic rings. The fourth-order valence-corrected chi connectivity index (χ4v) is 4.29. The van der Waals surface area contributed by atoms with Crippen molar-refractivity contribution >= 4 is 40.5 Å². The second kappa shape index (κ2) is 10.5. The largest absolute Gasteiger partial charge is 0.352 e. The third kappa shape index (κ3) is 5.68. The van der Waals surface area contributed by atoms with E-state index in [4.69, 9.17) is 23.2 Å². The molecule has 0 aliphatic heterocycles. The number of rotatable bonds is 9. The van der Waals surface area contributed by atoms with E-state index >= 15 is 0 Å². The summed E-state index contributed by atoms with van der Waals surface area (Å²) in [7, 11) is 0. The summed E-state index contributed by atoms with van der Waals surface area (Å²) in [6.07, 6.45) is 7.55. The Labute approximate surface area is 212 Å². The van der Waals surface area contributed by atoms with Crippen LogP contribution in [0.25, 0.3) is 11.5 Å². The van der Waals surface area contributed by atoms with Gasteiger partial charge in [-0.3, -0.25) is 9.59 Å². The van der Waals surface area contributed by atoms with E-state index in [1.165, 1.54) is 0 Å². The van der Waals surface area contributed by atoms with Gasteiger partial charge >= 0.3 is 0 Å². The number of pyridine rings is 1. The maximum atomic E-state index is 12.9. The molecule has 0 saturated heterocycles. The second-order valence-corrected chi connectivity index (χ2v) is 9.32. The number of hydrogen-bond donors (Lipinski definition) is 1. The minimum absolute atomic E-state index is 0.00459. The Morgan fingerprint density at radius 1 is 1.06 bits per heavy atom. The van der Waals surface area contributed by atoms with E-state index in [2.05, 4.69) is 25.5 Å². The minimum Gasteiger partial charge on any atom is -0.352 e. The number of aromatic nitrogens is 6. The third-order valence-corrected chi connectivity index (χ3v) is 5.91. The van der Waals surface area contributed by atoms with E-state index in [0.717, 1.165) is 16.8 Å². The van der Waals surface area contributed by atoms with Crippen LogP contribution in [0.3, 0.4) is 0 Å². The molecule has 0 atom stereocenters. The van der Waals surface area contributed by atoms with E-state index in [1.54, 1.807) is 53.0 Å². The van der Waals surface area contributed by atoms with Gasteiger partial charge in [0.25, 0.3) is 0 Å². The van der Waals surface area contributed by atoms with Crippen LogP contribution in [0, 0.1) is 0 Å². The normalized spacial score (nSPS) is 11.4. The molecule has 0 fully saturated rings. The molecule has 4 heterocycles. The molecule has 11 heteroatoms. The highest BCUT2D eigenvalue weighted by Gasteiger charge is 2.18. The van der Waals surface area contributed by atoms with Crippen LogP contribution in [0.15, 0.2) is 36.9 Å². The molecule has 0 unspecified atom stereocenters. The van der Waals surface area contributed by atoms with Crippen molar-refractivity contribution in [3.63, 3.8) is 0 Å². The molecule has 0 radical (unpaired) electrons. The zero-order valence-corrected chi connectivity index (χ0v) is 21.1. The van der Waals surface area contributed by atoms with Crippen molar-refractivity contribution in [1.29, 1.82) is 0 Å². The molecule has 0 aliphatic carbocycles. The number of ketones is 1. The molecule has 0 aliphatic rings. The average molecular weight is 514 g/mol. The van der Waals surface area contributed by atoms with E-state index in [1.807, 2.05) is 13.8 Å². The molecule has 1 N–H and O–H groups in total. The number of carbonyl (C=O) groups is 2. The standard InChI is InChI=1S/C24H25Cl2N7O2/c1-4-22(35)28-10-16-11-30-32(13-16)24-19(25)6-15(9-29-24)5-18(34)7-17-12-27-21-8-20(26)31-33(21)23(17)14(2)3/h6,8-9,11-14H,4-5,7,10H2,1-3H3,(H,28,35). The van der Waals surface area contributed by atoms with Gasteiger partial charge in [0.15, 0.2) is 16.6 Å². The van der Waals surface area contributed by atoms with Gasteiger partial charge in [-0.1, -0.05) is 44.0 Å². The SMILES string of the molecule is CCC(=O)NCc1cnn(-c2ncc(CC(=O)Cc3cnc4cc(Cl)nn4c3C(C)C)cc2Cl)c1. The van der Waals surface area contributed by atoms with E-state index in [-0.39, 0.29) is 30.4 Å². The van der Waals surface area contributed by atoms with Crippen LogP contribution in [-0.4, -0.2) is 41.1 Å². The van der Waals surface area contributed by atoms with Crippen molar-refractivity contribution in [2.75, 3.05) is 0 Å². The molecule has 0 bridgehead atoms. The van der Waals surface area contributed by atoms with Gasteiger partial charge in [0.2, 0.25) is 5.91 Å². The van der Waals surface area contributed by atoms with Crippen LogP contribution < -0.4 is 5.32 Å². The van der Waals surface area contributed by atoms with Crippen molar-refractivity contribution in [3.05, 3.63) is 69.5 Å². The van der Waals surface area contributed by atoms with Crippen LogP contribution >= 0.6 is 23.2 Å². The summed E-state index contributed by atoms with van der Waals surface area (Å²) in [5.74, 6) is 0.546. The lowest BCUT2D eigenvalue weighted by atomic mass is 9.99. The summed E-state index contributed by atoms with van der Waals surface area (Å²) in [5, 5.41) is 12.1. The maximum absolute atomic E-state index is 12.9. The van der Waals surface area contributed by atoms with E-state index in [0.29, 0.717) is 40.2 Å².